The Hall–Kier alpha value is -1.58. The van der Waals surface area contributed by atoms with E-state index >= 15 is 0 Å². The zero-order chi connectivity index (χ0) is 13.3. The third-order valence-corrected chi connectivity index (χ3v) is 3.71. The molecule has 0 spiro atoms. The predicted octanol–water partition coefficient (Wildman–Crippen LogP) is 2.57. The fourth-order valence-electron chi connectivity index (χ4n) is 2.85. The summed E-state index contributed by atoms with van der Waals surface area (Å²) in [7, 11) is 0. The number of ketones is 1. The van der Waals surface area contributed by atoms with Gasteiger partial charge in [-0.15, -0.1) is 0 Å². The number of Topliss-reactive ketones (excluding diaryl/α,β-unsaturated/α-hetero) is 1. The molecule has 0 aliphatic heterocycles. The van der Waals surface area contributed by atoms with Gasteiger partial charge >= 0.3 is 0 Å². The molecule has 1 heterocycles. The molecule has 1 aliphatic rings. The highest BCUT2D eigenvalue weighted by Gasteiger charge is 2.22. The molecule has 0 aromatic carbocycles. The van der Waals surface area contributed by atoms with E-state index in [1.807, 2.05) is 0 Å². The second-order valence-corrected chi connectivity index (χ2v) is 5.07. The number of pyridine rings is 1. The average molecular weight is 249 g/mol. The third-order valence-electron chi connectivity index (χ3n) is 3.71. The number of carbonyl (C=O) groups excluding carboxylic acids is 1. The molecular formula is C14H19NO3. The number of aromatic nitrogens is 1. The summed E-state index contributed by atoms with van der Waals surface area (Å²) in [5.74, 6) is -0.570. The fraction of sp³-hybridized carbons (Fsp3) is 0.571. The van der Waals surface area contributed by atoms with E-state index in [2.05, 4.69) is 0 Å². The summed E-state index contributed by atoms with van der Waals surface area (Å²) < 4.78 is 1.69. The Bertz CT molecular complexity index is 525. The van der Waals surface area contributed by atoms with Gasteiger partial charge in [-0.25, -0.2) is 0 Å². The Morgan fingerprint density at radius 3 is 2.50 bits per heavy atom. The summed E-state index contributed by atoms with van der Waals surface area (Å²) >= 11 is 0. The van der Waals surface area contributed by atoms with E-state index in [1.54, 1.807) is 11.5 Å². The summed E-state index contributed by atoms with van der Waals surface area (Å²) in [6.45, 7) is 3.12. The van der Waals surface area contributed by atoms with Gasteiger partial charge in [0.2, 0.25) is 0 Å². The van der Waals surface area contributed by atoms with Gasteiger partial charge in [0.15, 0.2) is 5.78 Å². The minimum Gasteiger partial charge on any atom is -0.507 e. The molecule has 0 bridgehead atoms. The zero-order valence-electron chi connectivity index (χ0n) is 10.9. The van der Waals surface area contributed by atoms with Crippen LogP contribution in [0.1, 0.15) is 61.1 Å². The second-order valence-electron chi connectivity index (χ2n) is 5.07. The monoisotopic (exact) mass is 249 g/mol. The van der Waals surface area contributed by atoms with Crippen LogP contribution in [0.2, 0.25) is 0 Å². The van der Waals surface area contributed by atoms with E-state index in [4.69, 9.17) is 0 Å². The summed E-state index contributed by atoms with van der Waals surface area (Å²) in [6, 6.07) is 1.69. The highest BCUT2D eigenvalue weighted by Crippen LogP contribution is 2.29. The van der Waals surface area contributed by atoms with Gasteiger partial charge in [-0.05, 0) is 26.7 Å². The van der Waals surface area contributed by atoms with Crippen molar-refractivity contribution in [2.45, 2.75) is 52.0 Å². The summed E-state index contributed by atoms with van der Waals surface area (Å²) in [6.07, 6.45) is 5.40. The number of rotatable bonds is 2. The van der Waals surface area contributed by atoms with Crippen molar-refractivity contribution in [1.82, 2.24) is 4.57 Å². The van der Waals surface area contributed by atoms with Crippen LogP contribution in [0.3, 0.4) is 0 Å². The van der Waals surface area contributed by atoms with Crippen LogP contribution in [0, 0.1) is 6.92 Å². The standard InChI is InChI=1S/C14H19NO3/c1-9-8-12(17)13(10(2)16)14(18)15(9)11-6-4-3-5-7-11/h8,11,17H,3-7H2,1-2H3. The number of aryl methyl sites for hydroxylation is 1. The summed E-state index contributed by atoms with van der Waals surface area (Å²) in [5.41, 5.74) is 0.312. The fourth-order valence-corrected chi connectivity index (χ4v) is 2.85. The number of hydrogen-bond donors (Lipinski definition) is 1. The molecule has 0 unspecified atom stereocenters. The van der Waals surface area contributed by atoms with Gasteiger partial charge < -0.3 is 9.67 Å². The quantitative estimate of drug-likeness (QED) is 0.819. The highest BCUT2D eigenvalue weighted by molar-refractivity contribution is 5.96. The third kappa shape index (κ3) is 2.19. The highest BCUT2D eigenvalue weighted by atomic mass is 16.3. The molecule has 1 N–H and O–H groups in total. The van der Waals surface area contributed by atoms with E-state index in [1.165, 1.54) is 19.4 Å². The van der Waals surface area contributed by atoms with Crippen LogP contribution in [0.4, 0.5) is 0 Å². The number of hydrogen-bond acceptors (Lipinski definition) is 3. The molecular weight excluding hydrogens is 230 g/mol. The Morgan fingerprint density at radius 2 is 1.94 bits per heavy atom. The summed E-state index contributed by atoms with van der Waals surface area (Å²) in [4.78, 5) is 23.8. The largest absolute Gasteiger partial charge is 0.507 e. The van der Waals surface area contributed by atoms with Crippen molar-refractivity contribution in [1.29, 1.82) is 0 Å². The van der Waals surface area contributed by atoms with Crippen LogP contribution in [0.25, 0.3) is 0 Å². The molecule has 1 aromatic rings. The number of nitrogens with zero attached hydrogens (tertiary/aromatic N) is 1. The molecule has 0 saturated heterocycles. The lowest BCUT2D eigenvalue weighted by atomic mass is 9.94. The molecule has 1 aromatic heterocycles. The van der Waals surface area contributed by atoms with Gasteiger partial charge in [-0.2, -0.15) is 0 Å². The van der Waals surface area contributed by atoms with E-state index in [0.29, 0.717) is 0 Å². The van der Waals surface area contributed by atoms with Crippen LogP contribution >= 0.6 is 0 Å². The van der Waals surface area contributed by atoms with Crippen LogP contribution in [-0.4, -0.2) is 15.5 Å². The molecule has 0 radical (unpaired) electrons. The van der Waals surface area contributed by atoms with Crippen LogP contribution in [-0.2, 0) is 0 Å². The van der Waals surface area contributed by atoms with Gasteiger partial charge in [0.25, 0.3) is 5.56 Å². The molecule has 1 fully saturated rings. The van der Waals surface area contributed by atoms with Crippen molar-refractivity contribution in [3.8, 4) is 5.75 Å². The van der Waals surface area contributed by atoms with Gasteiger partial charge in [-0.3, -0.25) is 9.59 Å². The minimum atomic E-state index is -0.373. The Kier molecular flexibility index (Phi) is 3.55. The van der Waals surface area contributed by atoms with Gasteiger partial charge in [0.1, 0.15) is 11.3 Å². The predicted molar refractivity (Wildman–Crippen MR) is 69.2 cm³/mol. The van der Waals surface area contributed by atoms with Gasteiger partial charge in [0.05, 0.1) is 0 Å². The maximum atomic E-state index is 12.3. The smallest absolute Gasteiger partial charge is 0.265 e. The lowest BCUT2D eigenvalue weighted by Crippen LogP contribution is -2.31. The van der Waals surface area contributed by atoms with Crippen molar-refractivity contribution >= 4 is 5.78 Å². The molecule has 0 atom stereocenters. The molecule has 18 heavy (non-hydrogen) atoms. The Morgan fingerprint density at radius 1 is 1.33 bits per heavy atom. The van der Waals surface area contributed by atoms with Crippen molar-refractivity contribution in [2.75, 3.05) is 0 Å². The van der Waals surface area contributed by atoms with E-state index in [-0.39, 0.29) is 28.7 Å². The SMILES string of the molecule is CC(=O)c1c(O)cc(C)n(C2CCCCC2)c1=O. The van der Waals surface area contributed by atoms with Gasteiger partial charge in [-0.1, -0.05) is 19.3 Å². The first-order valence-corrected chi connectivity index (χ1v) is 6.48. The maximum Gasteiger partial charge on any atom is 0.265 e. The molecule has 4 heteroatoms. The minimum absolute atomic E-state index is 0.0776. The lowest BCUT2D eigenvalue weighted by molar-refractivity contribution is 0.101. The first-order valence-electron chi connectivity index (χ1n) is 6.48. The lowest BCUT2D eigenvalue weighted by Gasteiger charge is -2.26. The average Bonchev–Trinajstić information content (AvgIpc) is 2.28. The summed E-state index contributed by atoms with van der Waals surface area (Å²) in [5, 5.41) is 9.73. The van der Waals surface area contributed by atoms with Crippen LogP contribution < -0.4 is 5.56 Å². The number of aromatic hydroxyl groups is 1. The van der Waals surface area contributed by atoms with E-state index < -0.39 is 0 Å². The first-order chi connectivity index (χ1) is 8.52. The Balaban J connectivity index is 2.56. The maximum absolute atomic E-state index is 12.3. The number of carbonyl (C=O) groups is 1. The molecule has 0 amide bonds. The Labute approximate surface area is 106 Å². The normalized spacial score (nSPS) is 16.8. The van der Waals surface area contributed by atoms with Crippen LogP contribution in [0.15, 0.2) is 10.9 Å². The topological polar surface area (TPSA) is 59.3 Å². The molecule has 98 valence electrons. The molecule has 2 rings (SSSR count). The van der Waals surface area contributed by atoms with Crippen molar-refractivity contribution in [2.24, 2.45) is 0 Å². The van der Waals surface area contributed by atoms with Gasteiger partial charge in [0, 0.05) is 17.8 Å². The van der Waals surface area contributed by atoms with Crippen molar-refractivity contribution in [3.63, 3.8) is 0 Å². The van der Waals surface area contributed by atoms with Crippen LogP contribution in [0.5, 0.6) is 5.75 Å². The van der Waals surface area contributed by atoms with Crippen molar-refractivity contribution < 1.29 is 9.90 Å². The van der Waals surface area contributed by atoms with E-state index in [0.717, 1.165) is 31.4 Å². The van der Waals surface area contributed by atoms with E-state index in [9.17, 15) is 14.7 Å². The molecule has 4 nitrogen and oxygen atoms in total. The molecule has 1 saturated carbocycles. The second kappa shape index (κ2) is 4.96. The molecule has 1 aliphatic carbocycles. The first kappa shape index (κ1) is 12.9. The zero-order valence-corrected chi connectivity index (χ0v) is 10.9. The van der Waals surface area contributed by atoms with Crippen molar-refractivity contribution in [3.05, 3.63) is 27.7 Å².